The van der Waals surface area contributed by atoms with E-state index in [-0.39, 0.29) is 12.4 Å². The lowest BCUT2D eigenvalue weighted by Gasteiger charge is -1.99. The molecule has 0 aromatic heterocycles. The Kier molecular flexibility index (Phi) is 4.19. The second-order valence-electron chi connectivity index (χ2n) is 3.04. The number of benzene rings is 1. The van der Waals surface area contributed by atoms with Gasteiger partial charge in [0.15, 0.2) is 5.78 Å². The lowest BCUT2D eigenvalue weighted by molar-refractivity contribution is -0.121. The molecule has 0 saturated carbocycles. The predicted octanol–water partition coefficient (Wildman–Crippen LogP) is 1.57. The van der Waals surface area contributed by atoms with Crippen molar-refractivity contribution in [3.05, 3.63) is 35.9 Å². The lowest BCUT2D eigenvalue weighted by atomic mass is 10.1. The second-order valence-corrected chi connectivity index (χ2v) is 3.04. The Morgan fingerprint density at radius 3 is 2.54 bits per heavy atom. The predicted molar refractivity (Wildman–Crippen MR) is 51.5 cm³/mol. The van der Waals surface area contributed by atoms with E-state index in [9.17, 15) is 4.79 Å². The smallest absolute Gasteiger partial charge is 0.158 e. The Labute approximate surface area is 78.2 Å². The van der Waals surface area contributed by atoms with Gasteiger partial charge in [-0.25, -0.2) is 0 Å². The fourth-order valence-corrected chi connectivity index (χ4v) is 1.21. The number of carbonyl (C=O) groups excluding carboxylic acids is 1. The van der Waals surface area contributed by atoms with E-state index in [0.717, 1.165) is 12.8 Å². The van der Waals surface area contributed by atoms with Crippen LogP contribution in [0.1, 0.15) is 18.4 Å². The molecular formula is C11H14O2. The van der Waals surface area contributed by atoms with Gasteiger partial charge >= 0.3 is 0 Å². The van der Waals surface area contributed by atoms with Crippen LogP contribution in [0.2, 0.25) is 0 Å². The first-order valence-corrected chi connectivity index (χ1v) is 4.49. The Balaban J connectivity index is 2.24. The number of aryl methyl sites for hydroxylation is 1. The largest absolute Gasteiger partial charge is 0.389 e. The Morgan fingerprint density at radius 2 is 1.92 bits per heavy atom. The molecule has 1 aromatic carbocycles. The summed E-state index contributed by atoms with van der Waals surface area (Å²) in [4.78, 5) is 10.8. The highest BCUT2D eigenvalue weighted by Gasteiger charge is 1.98. The van der Waals surface area contributed by atoms with Gasteiger partial charge < -0.3 is 5.11 Å². The molecule has 0 heterocycles. The maximum absolute atomic E-state index is 10.8. The molecule has 2 nitrogen and oxygen atoms in total. The van der Waals surface area contributed by atoms with Crippen molar-refractivity contribution in [1.29, 1.82) is 0 Å². The molecular weight excluding hydrogens is 164 g/mol. The summed E-state index contributed by atoms with van der Waals surface area (Å²) in [5.74, 6) is -0.0732. The molecule has 0 radical (unpaired) electrons. The van der Waals surface area contributed by atoms with Crippen LogP contribution in [-0.2, 0) is 11.2 Å². The molecule has 1 aromatic rings. The van der Waals surface area contributed by atoms with Crippen LogP contribution in [0.5, 0.6) is 0 Å². The summed E-state index contributed by atoms with van der Waals surface area (Å²) in [6.07, 6.45) is 2.21. The zero-order chi connectivity index (χ0) is 9.52. The fraction of sp³-hybridized carbons (Fsp3) is 0.364. The van der Waals surface area contributed by atoms with E-state index in [1.807, 2.05) is 30.3 Å². The highest BCUT2D eigenvalue weighted by molar-refractivity contribution is 5.79. The Hall–Kier alpha value is -1.15. The summed E-state index contributed by atoms with van der Waals surface area (Å²) in [6, 6.07) is 10.0. The van der Waals surface area contributed by atoms with E-state index < -0.39 is 0 Å². The monoisotopic (exact) mass is 178 g/mol. The van der Waals surface area contributed by atoms with Crippen LogP contribution in [0.25, 0.3) is 0 Å². The highest BCUT2D eigenvalue weighted by Crippen LogP contribution is 2.04. The first kappa shape index (κ1) is 9.93. The van der Waals surface area contributed by atoms with Crippen LogP contribution in [-0.4, -0.2) is 17.5 Å². The van der Waals surface area contributed by atoms with Gasteiger partial charge in [0.25, 0.3) is 0 Å². The van der Waals surface area contributed by atoms with Crippen molar-refractivity contribution in [2.45, 2.75) is 19.3 Å². The molecule has 2 heteroatoms. The van der Waals surface area contributed by atoms with Crippen molar-refractivity contribution < 1.29 is 9.90 Å². The van der Waals surface area contributed by atoms with Crippen LogP contribution in [0, 0.1) is 0 Å². The summed E-state index contributed by atoms with van der Waals surface area (Å²) in [5.41, 5.74) is 1.24. The Morgan fingerprint density at radius 1 is 1.23 bits per heavy atom. The topological polar surface area (TPSA) is 37.3 Å². The molecule has 0 saturated heterocycles. The third-order valence-electron chi connectivity index (χ3n) is 1.94. The summed E-state index contributed by atoms with van der Waals surface area (Å²) in [6.45, 7) is -0.325. The molecule has 0 bridgehead atoms. The van der Waals surface area contributed by atoms with Gasteiger partial charge in [0.2, 0.25) is 0 Å². The molecule has 0 aliphatic heterocycles. The van der Waals surface area contributed by atoms with Crippen LogP contribution in [0.15, 0.2) is 30.3 Å². The Bertz CT molecular complexity index is 254. The highest BCUT2D eigenvalue weighted by atomic mass is 16.3. The zero-order valence-corrected chi connectivity index (χ0v) is 7.57. The van der Waals surface area contributed by atoms with Crippen molar-refractivity contribution in [3.8, 4) is 0 Å². The van der Waals surface area contributed by atoms with Crippen LogP contribution < -0.4 is 0 Å². The number of hydrogen-bond acceptors (Lipinski definition) is 2. The number of carbonyl (C=O) groups is 1. The minimum Gasteiger partial charge on any atom is -0.389 e. The number of aliphatic hydroxyl groups excluding tert-OH is 1. The molecule has 1 rings (SSSR count). The third kappa shape index (κ3) is 3.85. The molecule has 0 fully saturated rings. The van der Waals surface area contributed by atoms with Crippen LogP contribution in [0.3, 0.4) is 0 Å². The zero-order valence-electron chi connectivity index (χ0n) is 7.57. The van der Waals surface area contributed by atoms with Crippen LogP contribution >= 0.6 is 0 Å². The number of ketones is 1. The molecule has 0 atom stereocenters. The minimum atomic E-state index is -0.325. The molecule has 70 valence electrons. The maximum Gasteiger partial charge on any atom is 0.158 e. The fourth-order valence-electron chi connectivity index (χ4n) is 1.21. The summed E-state index contributed by atoms with van der Waals surface area (Å²) >= 11 is 0. The van der Waals surface area contributed by atoms with Gasteiger partial charge in [-0.3, -0.25) is 4.79 Å². The first-order valence-electron chi connectivity index (χ1n) is 4.49. The normalized spacial score (nSPS) is 9.92. The summed E-state index contributed by atoms with van der Waals surface area (Å²) < 4.78 is 0. The third-order valence-corrected chi connectivity index (χ3v) is 1.94. The van der Waals surface area contributed by atoms with E-state index in [4.69, 9.17) is 5.11 Å². The van der Waals surface area contributed by atoms with E-state index >= 15 is 0 Å². The number of rotatable bonds is 5. The van der Waals surface area contributed by atoms with E-state index in [1.165, 1.54) is 5.56 Å². The quantitative estimate of drug-likeness (QED) is 0.743. The molecule has 0 spiro atoms. The van der Waals surface area contributed by atoms with Gasteiger partial charge in [-0.05, 0) is 18.4 Å². The van der Waals surface area contributed by atoms with E-state index in [1.54, 1.807) is 0 Å². The van der Waals surface area contributed by atoms with Gasteiger partial charge in [0, 0.05) is 6.42 Å². The van der Waals surface area contributed by atoms with Gasteiger partial charge in [-0.15, -0.1) is 0 Å². The summed E-state index contributed by atoms with van der Waals surface area (Å²) in [5, 5.41) is 8.48. The number of hydrogen-bond donors (Lipinski definition) is 1. The average molecular weight is 178 g/mol. The van der Waals surface area contributed by atoms with Gasteiger partial charge in [0.1, 0.15) is 6.61 Å². The van der Waals surface area contributed by atoms with Gasteiger partial charge in [-0.2, -0.15) is 0 Å². The minimum absolute atomic E-state index is 0.0732. The van der Waals surface area contributed by atoms with Crippen molar-refractivity contribution in [2.24, 2.45) is 0 Å². The van der Waals surface area contributed by atoms with Crippen molar-refractivity contribution in [3.63, 3.8) is 0 Å². The molecule has 0 aliphatic carbocycles. The summed E-state index contributed by atoms with van der Waals surface area (Å²) in [7, 11) is 0. The van der Waals surface area contributed by atoms with E-state index in [2.05, 4.69) is 0 Å². The standard InChI is InChI=1S/C11H14O2/c12-9-11(13)8-4-7-10-5-2-1-3-6-10/h1-3,5-6,12H,4,7-9H2. The van der Waals surface area contributed by atoms with Gasteiger partial charge in [0.05, 0.1) is 0 Å². The molecule has 0 amide bonds. The van der Waals surface area contributed by atoms with Crippen LogP contribution in [0.4, 0.5) is 0 Å². The van der Waals surface area contributed by atoms with Crippen molar-refractivity contribution in [1.82, 2.24) is 0 Å². The molecule has 0 unspecified atom stereocenters. The number of Topliss-reactive ketones (excluding diaryl/α,β-unsaturated/α-hetero) is 1. The maximum atomic E-state index is 10.8. The first-order chi connectivity index (χ1) is 6.33. The van der Waals surface area contributed by atoms with Crippen molar-refractivity contribution in [2.75, 3.05) is 6.61 Å². The molecule has 0 aliphatic rings. The average Bonchev–Trinajstić information content (AvgIpc) is 2.19. The van der Waals surface area contributed by atoms with E-state index in [0.29, 0.717) is 6.42 Å². The molecule has 1 N–H and O–H groups in total. The SMILES string of the molecule is O=C(CO)CCCc1ccccc1. The van der Waals surface area contributed by atoms with Crippen molar-refractivity contribution >= 4 is 5.78 Å². The second kappa shape index (κ2) is 5.49. The van der Waals surface area contributed by atoms with Gasteiger partial charge in [-0.1, -0.05) is 30.3 Å². The lowest BCUT2D eigenvalue weighted by Crippen LogP contribution is -2.03. The number of aliphatic hydroxyl groups is 1. The molecule has 13 heavy (non-hydrogen) atoms.